The average Bonchev–Trinajstić information content (AvgIpc) is 2.51. The molecule has 3 nitrogen and oxygen atoms in total. The first-order valence-electron chi connectivity index (χ1n) is 5.96. The zero-order valence-corrected chi connectivity index (χ0v) is 10.8. The Morgan fingerprint density at radius 1 is 1.47 bits per heavy atom. The molecule has 0 radical (unpaired) electrons. The SMILES string of the molecule is COCC(C)(C)N1CCC(NC(C)C)C1. The molecule has 0 spiro atoms. The molecule has 1 unspecified atom stereocenters. The van der Waals surface area contributed by atoms with E-state index in [0.717, 1.165) is 13.2 Å². The second-order valence-electron chi connectivity index (χ2n) is 5.50. The highest BCUT2D eigenvalue weighted by Crippen LogP contribution is 2.21. The van der Waals surface area contributed by atoms with Crippen LogP contribution in [0.4, 0.5) is 0 Å². The second kappa shape index (κ2) is 5.28. The molecule has 1 aliphatic rings. The molecule has 0 bridgehead atoms. The first-order chi connectivity index (χ1) is 6.95. The van der Waals surface area contributed by atoms with E-state index in [1.807, 2.05) is 0 Å². The van der Waals surface area contributed by atoms with Gasteiger partial charge in [0.15, 0.2) is 0 Å². The third-order valence-corrected chi connectivity index (χ3v) is 3.11. The van der Waals surface area contributed by atoms with Gasteiger partial charge >= 0.3 is 0 Å². The topological polar surface area (TPSA) is 24.5 Å². The van der Waals surface area contributed by atoms with Gasteiger partial charge in [0.1, 0.15) is 0 Å². The molecule has 0 aliphatic carbocycles. The third kappa shape index (κ3) is 3.74. The second-order valence-corrected chi connectivity index (χ2v) is 5.50. The number of hydrogen-bond acceptors (Lipinski definition) is 3. The van der Waals surface area contributed by atoms with Crippen LogP contribution in [0.1, 0.15) is 34.1 Å². The molecular weight excluding hydrogens is 188 g/mol. The summed E-state index contributed by atoms with van der Waals surface area (Å²) in [5, 5.41) is 3.60. The van der Waals surface area contributed by atoms with Gasteiger partial charge in [0.2, 0.25) is 0 Å². The van der Waals surface area contributed by atoms with Crippen LogP contribution in [0.3, 0.4) is 0 Å². The molecule has 1 N–H and O–H groups in total. The Labute approximate surface area is 94.2 Å². The smallest absolute Gasteiger partial charge is 0.0641 e. The summed E-state index contributed by atoms with van der Waals surface area (Å²) in [5.41, 5.74) is 0.169. The van der Waals surface area contributed by atoms with Crippen LogP contribution in [-0.2, 0) is 4.74 Å². The van der Waals surface area contributed by atoms with Crippen molar-refractivity contribution in [1.82, 2.24) is 10.2 Å². The Balaban J connectivity index is 2.41. The minimum atomic E-state index is 0.169. The molecule has 0 saturated carbocycles. The quantitative estimate of drug-likeness (QED) is 0.750. The molecule has 0 amide bonds. The fraction of sp³-hybridized carbons (Fsp3) is 1.00. The summed E-state index contributed by atoms with van der Waals surface area (Å²) in [6.07, 6.45) is 1.26. The zero-order valence-electron chi connectivity index (χ0n) is 10.8. The maximum atomic E-state index is 5.27. The molecule has 1 rings (SSSR count). The van der Waals surface area contributed by atoms with E-state index in [1.165, 1.54) is 13.0 Å². The van der Waals surface area contributed by atoms with Crippen molar-refractivity contribution in [2.75, 3.05) is 26.8 Å². The predicted molar refractivity (Wildman–Crippen MR) is 64.2 cm³/mol. The number of hydrogen-bond donors (Lipinski definition) is 1. The monoisotopic (exact) mass is 214 g/mol. The Bertz CT molecular complexity index is 192. The van der Waals surface area contributed by atoms with Crippen molar-refractivity contribution < 1.29 is 4.74 Å². The molecule has 1 aliphatic heterocycles. The van der Waals surface area contributed by atoms with Crippen LogP contribution in [0, 0.1) is 0 Å². The van der Waals surface area contributed by atoms with Gasteiger partial charge in [0, 0.05) is 37.8 Å². The fourth-order valence-electron chi connectivity index (χ4n) is 2.36. The summed E-state index contributed by atoms with van der Waals surface area (Å²) in [7, 11) is 1.78. The van der Waals surface area contributed by atoms with E-state index in [0.29, 0.717) is 12.1 Å². The Morgan fingerprint density at radius 3 is 2.67 bits per heavy atom. The molecule has 0 aromatic carbocycles. The van der Waals surface area contributed by atoms with E-state index >= 15 is 0 Å². The lowest BCUT2D eigenvalue weighted by Crippen LogP contribution is -2.47. The number of likely N-dealkylation sites (tertiary alicyclic amines) is 1. The van der Waals surface area contributed by atoms with Crippen LogP contribution >= 0.6 is 0 Å². The van der Waals surface area contributed by atoms with Gasteiger partial charge in [0.25, 0.3) is 0 Å². The normalized spacial score (nSPS) is 24.0. The van der Waals surface area contributed by atoms with Gasteiger partial charge in [-0.3, -0.25) is 4.90 Å². The van der Waals surface area contributed by atoms with Crippen molar-refractivity contribution in [3.05, 3.63) is 0 Å². The summed E-state index contributed by atoms with van der Waals surface area (Å²) in [6, 6.07) is 1.24. The molecule has 1 fully saturated rings. The minimum Gasteiger partial charge on any atom is -0.383 e. The van der Waals surface area contributed by atoms with Crippen LogP contribution in [-0.4, -0.2) is 49.3 Å². The van der Waals surface area contributed by atoms with Gasteiger partial charge in [-0.1, -0.05) is 13.8 Å². The molecule has 1 saturated heterocycles. The maximum Gasteiger partial charge on any atom is 0.0641 e. The number of nitrogens with zero attached hydrogens (tertiary/aromatic N) is 1. The molecule has 1 heterocycles. The van der Waals surface area contributed by atoms with Crippen molar-refractivity contribution in [3.8, 4) is 0 Å². The van der Waals surface area contributed by atoms with E-state index in [2.05, 4.69) is 37.9 Å². The lowest BCUT2D eigenvalue weighted by atomic mass is 10.1. The van der Waals surface area contributed by atoms with Crippen LogP contribution in [0.25, 0.3) is 0 Å². The van der Waals surface area contributed by atoms with Gasteiger partial charge in [-0.2, -0.15) is 0 Å². The van der Waals surface area contributed by atoms with Crippen molar-refractivity contribution in [1.29, 1.82) is 0 Å². The first-order valence-corrected chi connectivity index (χ1v) is 5.96. The summed E-state index contributed by atoms with van der Waals surface area (Å²) >= 11 is 0. The lowest BCUT2D eigenvalue weighted by Gasteiger charge is -2.35. The Hall–Kier alpha value is -0.120. The summed E-state index contributed by atoms with van der Waals surface area (Å²) < 4.78 is 5.27. The molecule has 1 atom stereocenters. The molecule has 0 aromatic heterocycles. The highest BCUT2D eigenvalue weighted by molar-refractivity contribution is 4.91. The largest absolute Gasteiger partial charge is 0.383 e. The zero-order chi connectivity index (χ0) is 11.5. The maximum absolute atomic E-state index is 5.27. The molecule has 90 valence electrons. The lowest BCUT2D eigenvalue weighted by molar-refractivity contribution is 0.0476. The van der Waals surface area contributed by atoms with Crippen LogP contribution in [0.15, 0.2) is 0 Å². The molecule has 15 heavy (non-hydrogen) atoms. The Kier molecular flexibility index (Phi) is 4.56. The van der Waals surface area contributed by atoms with Crippen LogP contribution < -0.4 is 5.32 Å². The van der Waals surface area contributed by atoms with Gasteiger partial charge < -0.3 is 10.1 Å². The fourth-order valence-corrected chi connectivity index (χ4v) is 2.36. The van der Waals surface area contributed by atoms with Gasteiger partial charge in [-0.15, -0.1) is 0 Å². The summed E-state index contributed by atoms with van der Waals surface area (Å²) in [4.78, 5) is 2.52. The number of nitrogens with one attached hydrogen (secondary N) is 1. The summed E-state index contributed by atoms with van der Waals surface area (Å²) in [6.45, 7) is 12.1. The first kappa shape index (κ1) is 12.9. The number of ether oxygens (including phenoxy) is 1. The minimum absolute atomic E-state index is 0.169. The van der Waals surface area contributed by atoms with Crippen molar-refractivity contribution in [2.24, 2.45) is 0 Å². The third-order valence-electron chi connectivity index (χ3n) is 3.11. The average molecular weight is 214 g/mol. The van der Waals surface area contributed by atoms with E-state index in [1.54, 1.807) is 7.11 Å². The van der Waals surface area contributed by atoms with E-state index in [-0.39, 0.29) is 5.54 Å². The van der Waals surface area contributed by atoms with E-state index in [4.69, 9.17) is 4.74 Å². The standard InChI is InChI=1S/C12H26N2O/c1-10(2)13-11-6-7-14(8-11)12(3,4)9-15-5/h10-11,13H,6-9H2,1-5H3. The van der Waals surface area contributed by atoms with Gasteiger partial charge in [0.05, 0.1) is 6.61 Å². The van der Waals surface area contributed by atoms with Crippen molar-refractivity contribution >= 4 is 0 Å². The highest BCUT2D eigenvalue weighted by atomic mass is 16.5. The van der Waals surface area contributed by atoms with E-state index in [9.17, 15) is 0 Å². The molecular formula is C12H26N2O. The Morgan fingerprint density at radius 2 is 2.13 bits per heavy atom. The highest BCUT2D eigenvalue weighted by Gasteiger charge is 2.33. The van der Waals surface area contributed by atoms with Crippen LogP contribution in [0.5, 0.6) is 0 Å². The van der Waals surface area contributed by atoms with Crippen LogP contribution in [0.2, 0.25) is 0 Å². The molecule has 3 heteroatoms. The predicted octanol–water partition coefficient (Wildman–Crippen LogP) is 1.48. The number of methoxy groups -OCH3 is 1. The molecule has 0 aromatic rings. The van der Waals surface area contributed by atoms with Crippen molar-refractivity contribution in [2.45, 2.75) is 51.7 Å². The van der Waals surface area contributed by atoms with Gasteiger partial charge in [-0.05, 0) is 20.3 Å². The van der Waals surface area contributed by atoms with Gasteiger partial charge in [-0.25, -0.2) is 0 Å². The summed E-state index contributed by atoms with van der Waals surface area (Å²) in [5.74, 6) is 0. The number of rotatable bonds is 5. The van der Waals surface area contributed by atoms with Crippen molar-refractivity contribution in [3.63, 3.8) is 0 Å². The van der Waals surface area contributed by atoms with E-state index < -0.39 is 0 Å².